The monoisotopic (exact) mass is 410 g/mol. The summed E-state index contributed by atoms with van der Waals surface area (Å²) in [7, 11) is 0. The van der Waals surface area contributed by atoms with E-state index in [0.717, 1.165) is 51.1 Å². The Balaban J connectivity index is 1.14. The third-order valence-electron chi connectivity index (χ3n) is 6.05. The van der Waals surface area contributed by atoms with Gasteiger partial charge >= 0.3 is 0 Å². The molecule has 0 spiro atoms. The van der Waals surface area contributed by atoms with Crippen LogP contribution in [0.15, 0.2) is 41.0 Å². The van der Waals surface area contributed by atoms with Crippen LogP contribution in [-0.4, -0.2) is 65.9 Å². The normalized spacial score (nSPS) is 17.9. The van der Waals surface area contributed by atoms with Crippen LogP contribution in [0.5, 0.6) is 0 Å². The Morgan fingerprint density at radius 1 is 1.07 bits per heavy atom. The summed E-state index contributed by atoms with van der Waals surface area (Å²) >= 11 is 0. The number of aromatic nitrogens is 1. The van der Waals surface area contributed by atoms with E-state index in [-0.39, 0.29) is 18.2 Å². The van der Waals surface area contributed by atoms with E-state index in [1.165, 1.54) is 12.8 Å². The van der Waals surface area contributed by atoms with Crippen molar-refractivity contribution in [3.63, 3.8) is 0 Å². The molecule has 1 aliphatic carbocycles. The molecule has 1 saturated carbocycles. The molecule has 4 rings (SSSR count). The van der Waals surface area contributed by atoms with E-state index in [1.807, 2.05) is 35.2 Å². The summed E-state index contributed by atoms with van der Waals surface area (Å²) < 4.78 is 5.49. The summed E-state index contributed by atoms with van der Waals surface area (Å²) in [6, 6.07) is 9.65. The van der Waals surface area contributed by atoms with E-state index in [4.69, 9.17) is 4.42 Å². The van der Waals surface area contributed by atoms with Crippen molar-refractivity contribution in [1.29, 1.82) is 0 Å². The molecule has 2 heterocycles. The van der Waals surface area contributed by atoms with Gasteiger partial charge in [0.2, 0.25) is 17.7 Å². The molecule has 30 heavy (non-hydrogen) atoms. The number of oxazole rings is 1. The summed E-state index contributed by atoms with van der Waals surface area (Å²) in [4.78, 5) is 33.5. The maximum absolute atomic E-state index is 12.5. The number of piperazine rings is 1. The van der Waals surface area contributed by atoms with Crippen molar-refractivity contribution < 1.29 is 14.0 Å². The number of amides is 2. The first-order valence-electron chi connectivity index (χ1n) is 11.0. The van der Waals surface area contributed by atoms with Gasteiger partial charge in [-0.15, -0.1) is 0 Å². The van der Waals surface area contributed by atoms with Crippen molar-refractivity contribution in [2.24, 2.45) is 5.92 Å². The number of hydrogen-bond acceptors (Lipinski definition) is 5. The molecule has 7 nitrogen and oxygen atoms in total. The predicted octanol–water partition coefficient (Wildman–Crippen LogP) is 2.33. The van der Waals surface area contributed by atoms with Gasteiger partial charge in [-0.2, -0.15) is 0 Å². The van der Waals surface area contributed by atoms with Crippen molar-refractivity contribution in [3.05, 3.63) is 42.3 Å². The smallest absolute Gasteiger partial charge is 0.226 e. The third-order valence-corrected chi connectivity index (χ3v) is 6.05. The van der Waals surface area contributed by atoms with Gasteiger partial charge in [-0.25, -0.2) is 4.98 Å². The lowest BCUT2D eigenvalue weighted by Gasteiger charge is -2.36. The van der Waals surface area contributed by atoms with Crippen LogP contribution in [0.1, 0.15) is 31.4 Å². The first-order chi connectivity index (χ1) is 14.7. The maximum atomic E-state index is 12.5. The number of carbonyl (C=O) groups excluding carboxylic acids is 2. The number of hydrogen-bond donors (Lipinski definition) is 1. The summed E-state index contributed by atoms with van der Waals surface area (Å²) in [6.07, 6.45) is 6.26. The van der Waals surface area contributed by atoms with Gasteiger partial charge in [-0.3, -0.25) is 14.5 Å². The minimum Gasteiger partial charge on any atom is -0.444 e. The molecule has 0 atom stereocenters. The quantitative estimate of drug-likeness (QED) is 0.758. The van der Waals surface area contributed by atoms with Crippen LogP contribution < -0.4 is 5.32 Å². The molecule has 0 bridgehead atoms. The SMILES string of the molecule is O=C(Cc1coc(-c2ccccc2)n1)NCCN1CCN(C(=O)C2CCCC2)CC1. The van der Waals surface area contributed by atoms with E-state index in [9.17, 15) is 9.59 Å². The molecule has 2 amide bonds. The van der Waals surface area contributed by atoms with Gasteiger partial charge in [0.1, 0.15) is 6.26 Å². The van der Waals surface area contributed by atoms with Crippen LogP contribution in [0.3, 0.4) is 0 Å². The Hall–Kier alpha value is -2.67. The minimum atomic E-state index is -0.0574. The maximum Gasteiger partial charge on any atom is 0.226 e. The zero-order chi connectivity index (χ0) is 20.8. The Morgan fingerprint density at radius 2 is 1.80 bits per heavy atom. The fourth-order valence-electron chi connectivity index (χ4n) is 4.30. The summed E-state index contributed by atoms with van der Waals surface area (Å²) in [5, 5.41) is 2.96. The van der Waals surface area contributed by atoms with E-state index in [1.54, 1.807) is 6.26 Å². The average molecular weight is 411 g/mol. The van der Waals surface area contributed by atoms with Gasteiger partial charge < -0.3 is 14.6 Å². The molecular formula is C23H30N4O3. The molecule has 0 radical (unpaired) electrons. The van der Waals surface area contributed by atoms with Crippen molar-refractivity contribution >= 4 is 11.8 Å². The van der Waals surface area contributed by atoms with Gasteiger partial charge in [0.25, 0.3) is 0 Å². The van der Waals surface area contributed by atoms with Crippen LogP contribution in [0.25, 0.3) is 11.5 Å². The molecule has 1 N–H and O–H groups in total. The van der Waals surface area contributed by atoms with Gasteiger partial charge in [0.15, 0.2) is 0 Å². The highest BCUT2D eigenvalue weighted by atomic mass is 16.3. The van der Waals surface area contributed by atoms with Crippen LogP contribution in [0, 0.1) is 5.92 Å². The Labute approximate surface area is 177 Å². The number of nitrogens with one attached hydrogen (secondary N) is 1. The second-order valence-electron chi connectivity index (χ2n) is 8.19. The molecule has 2 fully saturated rings. The first kappa shape index (κ1) is 20.6. The first-order valence-corrected chi connectivity index (χ1v) is 11.0. The van der Waals surface area contributed by atoms with Crippen LogP contribution in [-0.2, 0) is 16.0 Å². The standard InChI is InChI=1S/C23H30N4O3/c28-21(16-20-17-30-22(25-20)18-6-2-1-3-7-18)24-10-11-26-12-14-27(15-13-26)23(29)19-8-4-5-9-19/h1-3,6-7,17,19H,4-5,8-16H2,(H,24,28). The lowest BCUT2D eigenvalue weighted by molar-refractivity contribution is -0.137. The van der Waals surface area contributed by atoms with E-state index in [2.05, 4.69) is 15.2 Å². The fraction of sp³-hybridized carbons (Fsp3) is 0.522. The Kier molecular flexibility index (Phi) is 6.79. The Bertz CT molecular complexity index is 837. The van der Waals surface area contributed by atoms with Crippen LogP contribution in [0.2, 0.25) is 0 Å². The number of nitrogens with zero attached hydrogens (tertiary/aromatic N) is 3. The molecule has 160 valence electrons. The molecule has 0 unspecified atom stereocenters. The Morgan fingerprint density at radius 3 is 2.53 bits per heavy atom. The van der Waals surface area contributed by atoms with Gasteiger partial charge in [-0.05, 0) is 25.0 Å². The number of benzene rings is 1. The summed E-state index contributed by atoms with van der Waals surface area (Å²) in [5.74, 6) is 1.08. The molecule has 1 aromatic heterocycles. The molecular weight excluding hydrogens is 380 g/mol. The number of rotatable bonds is 7. The second kappa shape index (κ2) is 9.89. The minimum absolute atomic E-state index is 0.0574. The highest BCUT2D eigenvalue weighted by Crippen LogP contribution is 2.26. The fourth-order valence-corrected chi connectivity index (χ4v) is 4.30. The predicted molar refractivity (Wildman–Crippen MR) is 114 cm³/mol. The highest BCUT2D eigenvalue weighted by molar-refractivity contribution is 5.79. The van der Waals surface area contributed by atoms with Crippen molar-refractivity contribution in [2.75, 3.05) is 39.3 Å². The van der Waals surface area contributed by atoms with Crippen molar-refractivity contribution in [1.82, 2.24) is 20.1 Å². The van der Waals surface area contributed by atoms with E-state index in [0.29, 0.717) is 24.0 Å². The number of carbonyl (C=O) groups is 2. The van der Waals surface area contributed by atoms with E-state index >= 15 is 0 Å². The molecule has 2 aromatic rings. The van der Waals surface area contributed by atoms with Gasteiger partial charge in [0.05, 0.1) is 12.1 Å². The van der Waals surface area contributed by atoms with Crippen molar-refractivity contribution in [3.8, 4) is 11.5 Å². The zero-order valence-corrected chi connectivity index (χ0v) is 17.4. The van der Waals surface area contributed by atoms with E-state index < -0.39 is 0 Å². The van der Waals surface area contributed by atoms with Crippen molar-refractivity contribution in [2.45, 2.75) is 32.1 Å². The topological polar surface area (TPSA) is 78.7 Å². The highest BCUT2D eigenvalue weighted by Gasteiger charge is 2.29. The molecule has 7 heteroatoms. The molecule has 1 aliphatic heterocycles. The van der Waals surface area contributed by atoms with Crippen LogP contribution in [0.4, 0.5) is 0 Å². The average Bonchev–Trinajstić information content (AvgIpc) is 3.47. The van der Waals surface area contributed by atoms with Gasteiger partial charge in [0, 0.05) is 50.7 Å². The van der Waals surface area contributed by atoms with Gasteiger partial charge in [-0.1, -0.05) is 31.0 Å². The lowest BCUT2D eigenvalue weighted by atomic mass is 10.1. The molecule has 1 aromatic carbocycles. The van der Waals surface area contributed by atoms with Crippen LogP contribution >= 0.6 is 0 Å². The summed E-state index contributed by atoms with van der Waals surface area (Å²) in [6.45, 7) is 4.73. The zero-order valence-electron chi connectivity index (χ0n) is 17.4. The summed E-state index contributed by atoms with van der Waals surface area (Å²) in [5.41, 5.74) is 1.53. The molecule has 2 aliphatic rings. The second-order valence-corrected chi connectivity index (χ2v) is 8.19. The third kappa shape index (κ3) is 5.27. The molecule has 1 saturated heterocycles. The largest absolute Gasteiger partial charge is 0.444 e. The lowest BCUT2D eigenvalue weighted by Crippen LogP contribution is -2.51.